The zero-order valence-corrected chi connectivity index (χ0v) is 28.4. The Morgan fingerprint density at radius 1 is 0.830 bits per heavy atom. The lowest BCUT2D eigenvalue weighted by molar-refractivity contribution is 0.0952. The predicted molar refractivity (Wildman–Crippen MR) is 192 cm³/mol. The van der Waals surface area contributed by atoms with Crippen LogP contribution < -0.4 is 14.8 Å². The number of para-hydroxylation sites is 1. The minimum absolute atomic E-state index is 0.0368. The van der Waals surface area contributed by atoms with Gasteiger partial charge < -0.3 is 24.3 Å². The smallest absolute Gasteiger partial charge is 0.253 e. The molecule has 5 aromatic rings. The van der Waals surface area contributed by atoms with Crippen molar-refractivity contribution in [2.45, 2.75) is 46.4 Å². The molecule has 246 valence electrons. The summed E-state index contributed by atoms with van der Waals surface area (Å²) in [5.74, 6) is 1.63. The average molecular weight is 653 g/mol. The van der Waals surface area contributed by atoms with Crippen LogP contribution in [-0.4, -0.2) is 72.3 Å². The second-order valence-corrected chi connectivity index (χ2v) is 13.1. The Morgan fingerprint density at radius 2 is 1.55 bits per heavy atom. The third-order valence-electron chi connectivity index (χ3n) is 8.84. The first-order chi connectivity index (χ1) is 22.9. The van der Waals surface area contributed by atoms with Crippen LogP contribution in [0.3, 0.4) is 0 Å². The maximum absolute atomic E-state index is 13.5. The van der Waals surface area contributed by atoms with E-state index in [-0.39, 0.29) is 12.0 Å². The lowest BCUT2D eigenvalue weighted by Gasteiger charge is -2.34. The number of aromatic nitrogens is 1. The lowest BCUT2D eigenvalue weighted by Crippen LogP contribution is -2.47. The molecule has 47 heavy (non-hydrogen) atoms. The molecule has 0 radical (unpaired) electrons. The van der Waals surface area contributed by atoms with Gasteiger partial charge in [-0.25, -0.2) is 0 Å². The summed E-state index contributed by atoms with van der Waals surface area (Å²) in [6.07, 6.45) is 3.03. The summed E-state index contributed by atoms with van der Waals surface area (Å²) in [6, 6.07) is 26.2. The number of nitrogens with one attached hydrogen (secondary N) is 1. The quantitative estimate of drug-likeness (QED) is 0.142. The summed E-state index contributed by atoms with van der Waals surface area (Å²) in [7, 11) is 0. The Labute approximate surface area is 283 Å². The molecular weight excluding hydrogens is 608 g/mol. The molecule has 0 saturated carbocycles. The SMILES string of the molecule is Cc1cccc(CNC(=O)c2cn(CCCN3CCN(CCOc4ccc(Cl)c5ccccc45)CC3)c3c(OC(C)C)cccc23)c1. The number of hydrogen-bond acceptors (Lipinski definition) is 5. The van der Waals surface area contributed by atoms with Crippen molar-refractivity contribution in [2.24, 2.45) is 0 Å². The van der Waals surface area contributed by atoms with Gasteiger partial charge in [0.2, 0.25) is 0 Å². The fourth-order valence-corrected chi connectivity index (χ4v) is 6.71. The van der Waals surface area contributed by atoms with Crippen molar-refractivity contribution in [1.29, 1.82) is 0 Å². The highest BCUT2D eigenvalue weighted by Gasteiger charge is 2.20. The molecule has 1 fully saturated rings. The molecule has 1 N–H and O–H groups in total. The molecule has 4 aromatic carbocycles. The van der Waals surface area contributed by atoms with Gasteiger partial charge in [0.05, 0.1) is 17.2 Å². The summed E-state index contributed by atoms with van der Waals surface area (Å²) in [6.45, 7) is 14.1. The number of hydrogen-bond donors (Lipinski definition) is 1. The minimum atomic E-state index is -0.0682. The van der Waals surface area contributed by atoms with Crippen LogP contribution in [0.25, 0.3) is 21.7 Å². The fraction of sp³-hybridized carbons (Fsp3) is 0.359. The third-order valence-corrected chi connectivity index (χ3v) is 9.17. The van der Waals surface area contributed by atoms with Crippen molar-refractivity contribution in [3.8, 4) is 11.5 Å². The predicted octanol–water partition coefficient (Wildman–Crippen LogP) is 7.56. The van der Waals surface area contributed by atoms with Gasteiger partial charge in [0, 0.05) is 73.2 Å². The average Bonchev–Trinajstić information content (AvgIpc) is 3.45. The molecule has 6 rings (SSSR count). The van der Waals surface area contributed by atoms with Gasteiger partial charge in [0.15, 0.2) is 0 Å². The molecule has 0 aliphatic carbocycles. The summed E-state index contributed by atoms with van der Waals surface area (Å²) in [5, 5.41) is 6.88. The summed E-state index contributed by atoms with van der Waals surface area (Å²) in [4.78, 5) is 18.5. The number of aryl methyl sites for hydroxylation is 2. The molecule has 1 aromatic heterocycles. The van der Waals surface area contributed by atoms with Gasteiger partial charge in [-0.2, -0.15) is 0 Å². The molecule has 0 unspecified atom stereocenters. The molecule has 8 heteroatoms. The van der Waals surface area contributed by atoms with Crippen LogP contribution in [0.4, 0.5) is 0 Å². The van der Waals surface area contributed by atoms with Gasteiger partial charge in [-0.1, -0.05) is 77.8 Å². The Morgan fingerprint density at radius 3 is 2.32 bits per heavy atom. The summed E-state index contributed by atoms with van der Waals surface area (Å²) in [5.41, 5.74) is 3.94. The molecule has 1 aliphatic heterocycles. The number of amides is 1. The molecule has 1 saturated heterocycles. The number of carbonyl (C=O) groups is 1. The van der Waals surface area contributed by atoms with Gasteiger partial charge in [0.1, 0.15) is 18.1 Å². The first-order valence-electron chi connectivity index (χ1n) is 16.7. The standard InChI is InChI=1S/C39H45ClN4O3/c1-28(2)47-37-14-7-13-33-34(39(45)41-26-30-10-6-9-29(3)25-30)27-44(38(33)37)18-8-17-42-19-21-43(22-20-42)23-24-46-36-16-15-35(40)31-11-4-5-12-32(31)36/h4-7,9-16,25,27-28H,8,17-24,26H2,1-3H3,(H,41,45). The molecule has 2 heterocycles. The fourth-order valence-electron chi connectivity index (χ4n) is 6.48. The molecular formula is C39H45ClN4O3. The Kier molecular flexibility index (Phi) is 10.7. The van der Waals surface area contributed by atoms with E-state index < -0.39 is 0 Å². The molecule has 0 bridgehead atoms. The second-order valence-electron chi connectivity index (χ2n) is 12.7. The zero-order chi connectivity index (χ0) is 32.8. The van der Waals surface area contributed by atoms with E-state index >= 15 is 0 Å². The highest BCUT2D eigenvalue weighted by atomic mass is 35.5. The van der Waals surface area contributed by atoms with E-state index in [2.05, 4.69) is 44.8 Å². The molecule has 1 aliphatic rings. The number of halogens is 1. The van der Waals surface area contributed by atoms with E-state index in [9.17, 15) is 4.79 Å². The van der Waals surface area contributed by atoms with E-state index in [1.807, 2.05) is 80.7 Å². The molecule has 0 spiro atoms. The summed E-state index contributed by atoms with van der Waals surface area (Å²) < 4.78 is 14.6. The van der Waals surface area contributed by atoms with Crippen molar-refractivity contribution in [1.82, 2.24) is 19.7 Å². The van der Waals surface area contributed by atoms with Crippen LogP contribution in [0.1, 0.15) is 41.8 Å². The third kappa shape index (κ3) is 8.10. The molecule has 7 nitrogen and oxygen atoms in total. The van der Waals surface area contributed by atoms with Crippen molar-refractivity contribution >= 4 is 39.2 Å². The minimum Gasteiger partial charge on any atom is -0.492 e. The van der Waals surface area contributed by atoms with Crippen LogP contribution >= 0.6 is 11.6 Å². The van der Waals surface area contributed by atoms with Crippen LogP contribution in [0, 0.1) is 6.92 Å². The van der Waals surface area contributed by atoms with Crippen molar-refractivity contribution in [3.05, 3.63) is 107 Å². The summed E-state index contributed by atoms with van der Waals surface area (Å²) >= 11 is 6.38. The molecule has 0 atom stereocenters. The van der Waals surface area contributed by atoms with E-state index in [1.165, 1.54) is 5.56 Å². The van der Waals surface area contributed by atoms with Crippen LogP contribution in [0.2, 0.25) is 5.02 Å². The van der Waals surface area contributed by atoms with Crippen LogP contribution in [0.5, 0.6) is 11.5 Å². The largest absolute Gasteiger partial charge is 0.492 e. The second kappa shape index (κ2) is 15.2. The topological polar surface area (TPSA) is 59.0 Å². The first kappa shape index (κ1) is 32.9. The lowest BCUT2D eigenvalue weighted by atomic mass is 10.1. The highest BCUT2D eigenvalue weighted by Crippen LogP contribution is 2.32. The van der Waals surface area contributed by atoms with Gasteiger partial charge in [-0.05, 0) is 57.5 Å². The van der Waals surface area contributed by atoms with Crippen molar-refractivity contribution in [3.63, 3.8) is 0 Å². The normalized spacial score (nSPS) is 14.2. The maximum Gasteiger partial charge on any atom is 0.253 e. The van der Waals surface area contributed by atoms with E-state index in [4.69, 9.17) is 21.1 Å². The number of rotatable bonds is 13. The Balaban J connectivity index is 1.03. The number of piperazine rings is 1. The number of fused-ring (bicyclic) bond motifs is 2. The van der Waals surface area contributed by atoms with E-state index in [1.54, 1.807) is 0 Å². The first-order valence-corrected chi connectivity index (χ1v) is 17.1. The number of benzene rings is 4. The molecule has 1 amide bonds. The monoisotopic (exact) mass is 652 g/mol. The number of ether oxygens (including phenoxy) is 2. The van der Waals surface area contributed by atoms with Gasteiger partial charge in [0.25, 0.3) is 5.91 Å². The Bertz CT molecular complexity index is 1830. The van der Waals surface area contributed by atoms with Crippen molar-refractivity contribution in [2.75, 3.05) is 45.9 Å². The van der Waals surface area contributed by atoms with Crippen LogP contribution in [-0.2, 0) is 13.1 Å². The van der Waals surface area contributed by atoms with Gasteiger partial charge in [-0.15, -0.1) is 0 Å². The maximum atomic E-state index is 13.5. The van der Waals surface area contributed by atoms with Crippen molar-refractivity contribution < 1.29 is 14.3 Å². The number of nitrogens with zero attached hydrogens (tertiary/aromatic N) is 3. The number of carbonyl (C=O) groups excluding carboxylic acids is 1. The Hall–Kier alpha value is -4.04. The van der Waals surface area contributed by atoms with Gasteiger partial charge in [-0.3, -0.25) is 9.69 Å². The van der Waals surface area contributed by atoms with Gasteiger partial charge >= 0.3 is 0 Å². The highest BCUT2D eigenvalue weighted by molar-refractivity contribution is 6.35. The van der Waals surface area contributed by atoms with Crippen LogP contribution in [0.15, 0.2) is 85.1 Å². The van der Waals surface area contributed by atoms with E-state index in [0.29, 0.717) is 18.7 Å². The van der Waals surface area contributed by atoms with E-state index in [0.717, 1.165) is 96.0 Å². The zero-order valence-electron chi connectivity index (χ0n) is 27.7.